The molecule has 1 amide bonds. The Morgan fingerprint density at radius 2 is 2.12 bits per heavy atom. The molecule has 0 bridgehead atoms. The maximum absolute atomic E-state index is 13.9. The van der Waals surface area contributed by atoms with E-state index in [4.69, 9.17) is 9.47 Å². The number of rotatable bonds is 4. The number of carbonyl (C=O) groups excluding carboxylic acids is 1. The van der Waals surface area contributed by atoms with E-state index in [-0.39, 0.29) is 11.7 Å². The number of halogens is 1. The summed E-state index contributed by atoms with van der Waals surface area (Å²) in [5.41, 5.74) is 1.39. The molecule has 0 saturated carbocycles. The lowest BCUT2D eigenvalue weighted by atomic mass is 10.1. The fourth-order valence-corrected chi connectivity index (χ4v) is 2.87. The average molecular weight is 329 g/mol. The molecule has 0 aliphatic carbocycles. The van der Waals surface area contributed by atoms with Crippen molar-refractivity contribution in [3.05, 3.63) is 65.5 Å². The molecule has 126 valence electrons. The van der Waals surface area contributed by atoms with Crippen molar-refractivity contribution >= 4 is 5.91 Å². The monoisotopic (exact) mass is 329 g/mol. The molecule has 1 unspecified atom stereocenters. The minimum absolute atomic E-state index is 0.00731. The predicted octanol–water partition coefficient (Wildman–Crippen LogP) is 2.98. The summed E-state index contributed by atoms with van der Waals surface area (Å²) in [5, 5.41) is 0. The van der Waals surface area contributed by atoms with Gasteiger partial charge in [-0.2, -0.15) is 0 Å². The van der Waals surface area contributed by atoms with E-state index in [1.54, 1.807) is 30.2 Å². The van der Waals surface area contributed by atoms with E-state index in [1.807, 2.05) is 24.3 Å². The topological polar surface area (TPSA) is 38.8 Å². The summed E-state index contributed by atoms with van der Waals surface area (Å²) in [7, 11) is 1.60. The summed E-state index contributed by atoms with van der Waals surface area (Å²) >= 11 is 0. The third-order valence-electron chi connectivity index (χ3n) is 4.16. The van der Waals surface area contributed by atoms with E-state index >= 15 is 0 Å². The van der Waals surface area contributed by atoms with Gasteiger partial charge in [-0.3, -0.25) is 4.79 Å². The van der Waals surface area contributed by atoms with E-state index < -0.39 is 6.10 Å². The molecule has 3 rings (SSSR count). The number of benzene rings is 2. The van der Waals surface area contributed by atoms with Crippen LogP contribution in [0.1, 0.15) is 17.2 Å². The molecule has 1 fully saturated rings. The molecule has 2 aromatic carbocycles. The normalized spacial score (nSPS) is 17.6. The summed E-state index contributed by atoms with van der Waals surface area (Å²) in [4.78, 5) is 14.3. The van der Waals surface area contributed by atoms with Gasteiger partial charge in [-0.1, -0.05) is 30.3 Å². The van der Waals surface area contributed by atoms with E-state index in [0.29, 0.717) is 31.7 Å². The Morgan fingerprint density at radius 1 is 1.29 bits per heavy atom. The van der Waals surface area contributed by atoms with Crippen LogP contribution in [-0.2, 0) is 16.0 Å². The highest BCUT2D eigenvalue weighted by Crippen LogP contribution is 2.25. The van der Waals surface area contributed by atoms with E-state index in [1.165, 1.54) is 6.07 Å². The molecule has 1 aliphatic heterocycles. The molecule has 1 aliphatic rings. The lowest BCUT2D eigenvalue weighted by Gasteiger charge is -2.33. The first-order valence-corrected chi connectivity index (χ1v) is 7.94. The Labute approximate surface area is 140 Å². The van der Waals surface area contributed by atoms with Crippen LogP contribution in [0.15, 0.2) is 48.5 Å². The largest absolute Gasteiger partial charge is 0.497 e. The van der Waals surface area contributed by atoms with Crippen molar-refractivity contribution in [2.24, 2.45) is 0 Å². The van der Waals surface area contributed by atoms with Gasteiger partial charge in [-0.25, -0.2) is 4.39 Å². The number of methoxy groups -OCH3 is 1. The van der Waals surface area contributed by atoms with Gasteiger partial charge in [0, 0.05) is 12.1 Å². The second-order valence-corrected chi connectivity index (χ2v) is 5.75. The molecule has 1 heterocycles. The molecular formula is C19H20FNO3. The number of carbonyl (C=O) groups is 1. The second kappa shape index (κ2) is 7.45. The van der Waals surface area contributed by atoms with Gasteiger partial charge in [0.15, 0.2) is 0 Å². The van der Waals surface area contributed by atoms with Crippen LogP contribution in [0.3, 0.4) is 0 Å². The molecule has 1 saturated heterocycles. The van der Waals surface area contributed by atoms with Crippen molar-refractivity contribution in [1.82, 2.24) is 4.90 Å². The molecular weight excluding hydrogens is 309 g/mol. The van der Waals surface area contributed by atoms with Crippen molar-refractivity contribution in [2.75, 3.05) is 26.8 Å². The van der Waals surface area contributed by atoms with Gasteiger partial charge in [0.25, 0.3) is 0 Å². The SMILES string of the molecule is COc1cccc(CC(=O)N2CCOC(c3ccccc3F)C2)c1. The zero-order valence-corrected chi connectivity index (χ0v) is 13.6. The van der Waals surface area contributed by atoms with Gasteiger partial charge in [0.05, 0.1) is 26.7 Å². The van der Waals surface area contributed by atoms with E-state index in [0.717, 1.165) is 11.3 Å². The van der Waals surface area contributed by atoms with Crippen LogP contribution in [-0.4, -0.2) is 37.6 Å². The number of hydrogen-bond acceptors (Lipinski definition) is 3. The first-order valence-electron chi connectivity index (χ1n) is 7.94. The number of ether oxygens (including phenoxy) is 2. The standard InChI is InChI=1S/C19H20FNO3/c1-23-15-6-4-5-14(11-15)12-19(22)21-9-10-24-18(13-21)16-7-2-3-8-17(16)20/h2-8,11,18H,9-10,12-13H2,1H3. The van der Waals surface area contributed by atoms with Crippen molar-refractivity contribution in [2.45, 2.75) is 12.5 Å². The van der Waals surface area contributed by atoms with Crippen LogP contribution in [0.2, 0.25) is 0 Å². The van der Waals surface area contributed by atoms with E-state index in [9.17, 15) is 9.18 Å². The van der Waals surface area contributed by atoms with Gasteiger partial charge < -0.3 is 14.4 Å². The molecule has 1 atom stereocenters. The fourth-order valence-electron chi connectivity index (χ4n) is 2.87. The van der Waals surface area contributed by atoms with Crippen LogP contribution in [0.5, 0.6) is 5.75 Å². The summed E-state index contributed by atoms with van der Waals surface area (Å²) in [5.74, 6) is 0.434. The molecule has 0 N–H and O–H groups in total. The highest BCUT2D eigenvalue weighted by molar-refractivity contribution is 5.79. The highest BCUT2D eigenvalue weighted by Gasteiger charge is 2.27. The van der Waals surface area contributed by atoms with Gasteiger partial charge in [-0.15, -0.1) is 0 Å². The van der Waals surface area contributed by atoms with Crippen LogP contribution < -0.4 is 4.74 Å². The highest BCUT2D eigenvalue weighted by atomic mass is 19.1. The maximum atomic E-state index is 13.9. The zero-order valence-electron chi connectivity index (χ0n) is 13.6. The Balaban J connectivity index is 1.68. The first kappa shape index (κ1) is 16.5. The van der Waals surface area contributed by atoms with Crippen LogP contribution in [0.25, 0.3) is 0 Å². The average Bonchev–Trinajstić information content (AvgIpc) is 2.62. The number of hydrogen-bond donors (Lipinski definition) is 0. The first-order chi connectivity index (χ1) is 11.7. The molecule has 24 heavy (non-hydrogen) atoms. The number of amides is 1. The van der Waals surface area contributed by atoms with Gasteiger partial charge in [0.1, 0.15) is 17.7 Å². The summed E-state index contributed by atoms with van der Waals surface area (Å²) in [6, 6.07) is 14.0. The summed E-state index contributed by atoms with van der Waals surface area (Å²) < 4.78 is 24.8. The van der Waals surface area contributed by atoms with Gasteiger partial charge in [-0.05, 0) is 23.8 Å². The molecule has 0 aromatic heterocycles. The molecule has 4 nitrogen and oxygen atoms in total. The quantitative estimate of drug-likeness (QED) is 0.866. The zero-order chi connectivity index (χ0) is 16.9. The Morgan fingerprint density at radius 3 is 2.92 bits per heavy atom. The smallest absolute Gasteiger partial charge is 0.227 e. The third kappa shape index (κ3) is 3.74. The lowest BCUT2D eigenvalue weighted by molar-refractivity contribution is -0.138. The van der Waals surface area contributed by atoms with Crippen LogP contribution in [0, 0.1) is 5.82 Å². The van der Waals surface area contributed by atoms with Crippen molar-refractivity contribution in [1.29, 1.82) is 0 Å². The van der Waals surface area contributed by atoms with E-state index in [2.05, 4.69) is 0 Å². The van der Waals surface area contributed by atoms with Crippen molar-refractivity contribution < 1.29 is 18.7 Å². The summed E-state index contributed by atoms with van der Waals surface area (Å²) in [6.45, 7) is 1.29. The lowest BCUT2D eigenvalue weighted by Crippen LogP contribution is -2.43. The second-order valence-electron chi connectivity index (χ2n) is 5.75. The maximum Gasteiger partial charge on any atom is 0.227 e. The van der Waals surface area contributed by atoms with Gasteiger partial charge in [0.2, 0.25) is 5.91 Å². The predicted molar refractivity (Wildman–Crippen MR) is 88.4 cm³/mol. The Bertz CT molecular complexity index is 719. The minimum Gasteiger partial charge on any atom is -0.497 e. The van der Waals surface area contributed by atoms with Crippen molar-refractivity contribution in [3.8, 4) is 5.75 Å². The molecule has 0 spiro atoms. The minimum atomic E-state index is -0.422. The Hall–Kier alpha value is -2.40. The van der Waals surface area contributed by atoms with Crippen LogP contribution in [0.4, 0.5) is 4.39 Å². The molecule has 2 aromatic rings. The number of morpholine rings is 1. The summed E-state index contributed by atoms with van der Waals surface area (Å²) in [6.07, 6.45) is -0.129. The molecule has 0 radical (unpaired) electrons. The number of nitrogens with zero attached hydrogens (tertiary/aromatic N) is 1. The Kier molecular flexibility index (Phi) is 5.11. The van der Waals surface area contributed by atoms with Crippen LogP contribution >= 0.6 is 0 Å². The third-order valence-corrected chi connectivity index (χ3v) is 4.16. The van der Waals surface area contributed by atoms with Crippen molar-refractivity contribution in [3.63, 3.8) is 0 Å². The molecule has 5 heteroatoms. The fraction of sp³-hybridized carbons (Fsp3) is 0.316. The van der Waals surface area contributed by atoms with Gasteiger partial charge >= 0.3 is 0 Å².